The number of rotatable bonds is 2. The number of amides is 1. The zero-order valence-electron chi connectivity index (χ0n) is 10.8. The van der Waals surface area contributed by atoms with Gasteiger partial charge < -0.3 is 10.8 Å². The summed E-state index contributed by atoms with van der Waals surface area (Å²) in [6.45, 7) is 10.6. The molecule has 16 heavy (non-hydrogen) atoms. The molecule has 0 saturated carbocycles. The fraction of sp³-hybridized carbons (Fsp3) is 0.667. The monoisotopic (exact) mass is 227 g/mol. The molecule has 0 radical (unpaired) electrons. The lowest BCUT2D eigenvalue weighted by Crippen LogP contribution is -2.32. The minimum absolute atomic E-state index is 0.0903. The number of hydrogen-bond donors (Lipinski definition) is 2. The highest BCUT2D eigenvalue weighted by atomic mass is 16.4. The van der Waals surface area contributed by atoms with Crippen LogP contribution >= 0.6 is 0 Å². The molecule has 0 aromatic carbocycles. The predicted molar refractivity (Wildman–Crippen MR) is 62.8 cm³/mol. The van der Waals surface area contributed by atoms with E-state index in [1.807, 2.05) is 0 Å². The maximum atomic E-state index is 11.4. The van der Waals surface area contributed by atoms with Crippen molar-refractivity contribution in [3.05, 3.63) is 11.1 Å². The maximum Gasteiger partial charge on any atom is 0.332 e. The summed E-state index contributed by atoms with van der Waals surface area (Å²) >= 11 is 0. The van der Waals surface area contributed by atoms with Crippen molar-refractivity contribution in [3.63, 3.8) is 0 Å². The molecule has 0 atom stereocenters. The first kappa shape index (κ1) is 14.7. The maximum absolute atomic E-state index is 11.4. The van der Waals surface area contributed by atoms with Crippen molar-refractivity contribution in [3.8, 4) is 0 Å². The second-order valence-corrected chi connectivity index (χ2v) is 5.92. The highest BCUT2D eigenvalue weighted by Crippen LogP contribution is 2.36. The largest absolute Gasteiger partial charge is 0.478 e. The third kappa shape index (κ3) is 3.36. The molecule has 0 rings (SSSR count). The molecule has 4 nitrogen and oxygen atoms in total. The van der Waals surface area contributed by atoms with Gasteiger partial charge in [0.2, 0.25) is 5.91 Å². The third-order valence-electron chi connectivity index (χ3n) is 2.21. The molecule has 0 spiro atoms. The first-order valence-electron chi connectivity index (χ1n) is 5.17. The van der Waals surface area contributed by atoms with Gasteiger partial charge in [0.15, 0.2) is 0 Å². The second-order valence-electron chi connectivity index (χ2n) is 5.92. The summed E-state index contributed by atoms with van der Waals surface area (Å²) < 4.78 is 0. The van der Waals surface area contributed by atoms with E-state index in [1.54, 1.807) is 41.5 Å². The molecule has 0 aliphatic carbocycles. The van der Waals surface area contributed by atoms with Gasteiger partial charge in [-0.15, -0.1) is 0 Å². The summed E-state index contributed by atoms with van der Waals surface area (Å²) in [5.41, 5.74) is 4.38. The molecule has 0 aromatic heterocycles. The van der Waals surface area contributed by atoms with Gasteiger partial charge in [-0.1, -0.05) is 41.5 Å². The van der Waals surface area contributed by atoms with E-state index in [-0.39, 0.29) is 11.1 Å². The molecule has 92 valence electrons. The lowest BCUT2D eigenvalue weighted by molar-refractivity contribution is -0.134. The van der Waals surface area contributed by atoms with Crippen LogP contribution in [0, 0.1) is 10.8 Å². The van der Waals surface area contributed by atoms with Crippen molar-refractivity contribution in [1.29, 1.82) is 0 Å². The molecule has 0 unspecified atom stereocenters. The number of carbonyl (C=O) groups is 2. The Balaban J connectivity index is 6.09. The number of primary amides is 1. The Hall–Kier alpha value is -1.32. The van der Waals surface area contributed by atoms with Crippen molar-refractivity contribution < 1.29 is 14.7 Å². The Morgan fingerprint density at radius 1 is 0.875 bits per heavy atom. The molecule has 1 amide bonds. The normalized spacial score (nSPS) is 14.4. The van der Waals surface area contributed by atoms with Gasteiger partial charge >= 0.3 is 5.97 Å². The topological polar surface area (TPSA) is 80.4 Å². The van der Waals surface area contributed by atoms with E-state index in [2.05, 4.69) is 0 Å². The fourth-order valence-electron chi connectivity index (χ4n) is 1.67. The molecule has 0 saturated heterocycles. The van der Waals surface area contributed by atoms with Crippen LogP contribution in [0.5, 0.6) is 0 Å². The Morgan fingerprint density at radius 3 is 1.25 bits per heavy atom. The Labute approximate surface area is 96.5 Å². The Kier molecular flexibility index (Phi) is 3.92. The minimum atomic E-state index is -1.09. The van der Waals surface area contributed by atoms with E-state index < -0.39 is 22.7 Å². The number of nitrogens with two attached hydrogens (primary N) is 1. The number of carboxylic acid groups (broad SMARTS) is 1. The summed E-state index contributed by atoms with van der Waals surface area (Å²) in [5, 5.41) is 9.23. The number of hydrogen-bond acceptors (Lipinski definition) is 2. The summed E-state index contributed by atoms with van der Waals surface area (Å²) in [5.74, 6) is -1.75. The molecule has 0 aromatic rings. The molecule has 0 aliphatic heterocycles. The zero-order chi connectivity index (χ0) is 13.3. The van der Waals surface area contributed by atoms with Crippen LogP contribution < -0.4 is 5.73 Å². The van der Waals surface area contributed by atoms with Gasteiger partial charge in [-0.05, 0) is 10.8 Å². The van der Waals surface area contributed by atoms with E-state index in [9.17, 15) is 14.7 Å². The van der Waals surface area contributed by atoms with Crippen molar-refractivity contribution in [1.82, 2.24) is 0 Å². The minimum Gasteiger partial charge on any atom is -0.478 e. The molecule has 0 fully saturated rings. The van der Waals surface area contributed by atoms with Gasteiger partial charge in [0.1, 0.15) is 0 Å². The lowest BCUT2D eigenvalue weighted by atomic mass is 9.74. The van der Waals surface area contributed by atoms with E-state index in [1.165, 1.54) is 0 Å². The van der Waals surface area contributed by atoms with E-state index >= 15 is 0 Å². The fourth-order valence-corrected chi connectivity index (χ4v) is 1.67. The number of carboxylic acids is 1. The quantitative estimate of drug-likeness (QED) is 0.707. The molecule has 0 bridgehead atoms. The lowest BCUT2D eigenvalue weighted by Gasteiger charge is -2.29. The predicted octanol–water partition coefficient (Wildman–Crippen LogP) is 1.95. The van der Waals surface area contributed by atoms with Gasteiger partial charge in [-0.2, -0.15) is 0 Å². The Morgan fingerprint density at radius 2 is 1.19 bits per heavy atom. The first-order chi connectivity index (χ1) is 6.89. The number of carbonyl (C=O) groups excluding carboxylic acids is 1. The molecule has 3 N–H and O–H groups in total. The van der Waals surface area contributed by atoms with Crippen LogP contribution in [-0.2, 0) is 9.59 Å². The van der Waals surface area contributed by atoms with Gasteiger partial charge in [-0.3, -0.25) is 4.79 Å². The van der Waals surface area contributed by atoms with E-state index in [0.29, 0.717) is 0 Å². The van der Waals surface area contributed by atoms with Crippen LogP contribution in [0.4, 0.5) is 0 Å². The number of aliphatic carboxylic acids is 1. The highest BCUT2D eigenvalue weighted by Gasteiger charge is 2.35. The van der Waals surface area contributed by atoms with Crippen LogP contribution in [0.3, 0.4) is 0 Å². The van der Waals surface area contributed by atoms with Crippen molar-refractivity contribution in [2.24, 2.45) is 16.6 Å². The van der Waals surface area contributed by atoms with Gasteiger partial charge in [0, 0.05) is 5.57 Å². The summed E-state index contributed by atoms with van der Waals surface area (Å²) in [6, 6.07) is 0. The molecular formula is C12H21NO3. The van der Waals surface area contributed by atoms with Gasteiger partial charge in [0.25, 0.3) is 0 Å². The summed E-state index contributed by atoms with van der Waals surface area (Å²) in [7, 11) is 0. The first-order valence-corrected chi connectivity index (χ1v) is 5.17. The zero-order valence-corrected chi connectivity index (χ0v) is 10.8. The van der Waals surface area contributed by atoms with E-state index in [0.717, 1.165) is 0 Å². The van der Waals surface area contributed by atoms with Crippen molar-refractivity contribution in [2.45, 2.75) is 41.5 Å². The van der Waals surface area contributed by atoms with Crippen LogP contribution in [0.15, 0.2) is 11.1 Å². The van der Waals surface area contributed by atoms with Crippen LogP contribution in [-0.4, -0.2) is 17.0 Å². The molecular weight excluding hydrogens is 206 g/mol. The smallest absolute Gasteiger partial charge is 0.332 e. The average Bonchev–Trinajstić information content (AvgIpc) is 1.92. The van der Waals surface area contributed by atoms with Crippen LogP contribution in [0.2, 0.25) is 0 Å². The Bertz CT molecular complexity index is 306. The van der Waals surface area contributed by atoms with Crippen molar-refractivity contribution >= 4 is 11.9 Å². The molecule has 4 heteroatoms. The molecule has 0 heterocycles. The van der Waals surface area contributed by atoms with Crippen LogP contribution in [0.1, 0.15) is 41.5 Å². The highest BCUT2D eigenvalue weighted by molar-refractivity contribution is 6.03. The van der Waals surface area contributed by atoms with Gasteiger partial charge in [0.05, 0.1) is 5.57 Å². The molecule has 0 aliphatic rings. The second kappa shape index (κ2) is 4.28. The van der Waals surface area contributed by atoms with Gasteiger partial charge in [-0.25, -0.2) is 4.79 Å². The third-order valence-corrected chi connectivity index (χ3v) is 2.21. The van der Waals surface area contributed by atoms with Crippen LogP contribution in [0.25, 0.3) is 0 Å². The van der Waals surface area contributed by atoms with E-state index in [4.69, 9.17) is 5.73 Å². The summed E-state index contributed by atoms with van der Waals surface area (Å²) in [6.07, 6.45) is 0. The standard InChI is InChI=1S/C12H21NO3/c1-11(2,3)7(9(13)14)8(10(15)16)12(4,5)6/h1-6H3,(H2,13,14)(H,15,16)/b8-7-. The average molecular weight is 227 g/mol. The summed E-state index contributed by atoms with van der Waals surface area (Å²) in [4.78, 5) is 22.7. The van der Waals surface area contributed by atoms with Crippen molar-refractivity contribution in [2.75, 3.05) is 0 Å². The SMILES string of the molecule is CC(C)(C)/C(C(N)=O)=C(/C(=O)O)C(C)(C)C.